The number of amides is 1. The third-order valence-corrected chi connectivity index (χ3v) is 6.19. The van der Waals surface area contributed by atoms with Gasteiger partial charge in [0.1, 0.15) is 17.2 Å². The Morgan fingerprint density at radius 3 is 1.49 bits per heavy atom. The van der Waals surface area contributed by atoms with Crippen LogP contribution in [0.2, 0.25) is 0 Å². The first-order valence-corrected chi connectivity index (χ1v) is 11.5. The van der Waals surface area contributed by atoms with Crippen LogP contribution in [0.15, 0.2) is 97.1 Å². The number of alkyl halides is 6. The maximum atomic E-state index is 14.6. The Morgan fingerprint density at radius 1 is 0.590 bits per heavy atom. The Bertz CT molecular complexity index is 1400. The maximum Gasteiger partial charge on any atom is 0.416 e. The molecule has 0 bridgehead atoms. The molecule has 10 heteroatoms. The van der Waals surface area contributed by atoms with Crippen molar-refractivity contribution in [1.82, 2.24) is 5.32 Å². The average Bonchev–Trinajstić information content (AvgIpc) is 2.88. The number of hydrogen-bond acceptors (Lipinski definition) is 1. The van der Waals surface area contributed by atoms with Crippen molar-refractivity contribution in [2.75, 3.05) is 0 Å². The minimum Gasteiger partial charge on any atom is -0.338 e. The Hall–Kier alpha value is -4.21. The molecule has 4 aromatic rings. The second kappa shape index (κ2) is 10.5. The van der Waals surface area contributed by atoms with Crippen LogP contribution in [-0.2, 0) is 24.3 Å². The summed E-state index contributed by atoms with van der Waals surface area (Å²) in [5, 5.41) is 2.41. The number of benzene rings is 4. The fraction of sp³-hybridized carbons (Fsp3) is 0.138. The highest BCUT2D eigenvalue weighted by Crippen LogP contribution is 2.40. The van der Waals surface area contributed by atoms with E-state index >= 15 is 0 Å². The summed E-state index contributed by atoms with van der Waals surface area (Å²) in [6, 6.07) is 18.0. The van der Waals surface area contributed by atoms with Crippen LogP contribution in [0.3, 0.4) is 0 Å². The molecule has 2 nitrogen and oxygen atoms in total. The zero-order valence-electron chi connectivity index (χ0n) is 19.9. The molecule has 4 aromatic carbocycles. The monoisotopic (exact) mass is 549 g/mol. The van der Waals surface area contributed by atoms with E-state index in [9.17, 15) is 39.9 Å². The van der Waals surface area contributed by atoms with Crippen LogP contribution in [0.1, 0.15) is 38.2 Å². The van der Waals surface area contributed by atoms with Crippen LogP contribution in [0.5, 0.6) is 0 Å². The van der Waals surface area contributed by atoms with Gasteiger partial charge in [-0.25, -0.2) is 8.78 Å². The molecule has 0 aromatic heterocycles. The summed E-state index contributed by atoms with van der Waals surface area (Å²) >= 11 is 0. The first kappa shape index (κ1) is 27.8. The van der Waals surface area contributed by atoms with E-state index in [1.807, 2.05) is 0 Å². The van der Waals surface area contributed by atoms with Crippen LogP contribution in [0.25, 0.3) is 0 Å². The predicted molar refractivity (Wildman–Crippen MR) is 128 cm³/mol. The topological polar surface area (TPSA) is 29.1 Å². The van der Waals surface area contributed by atoms with Gasteiger partial charge in [0.2, 0.25) is 0 Å². The lowest BCUT2D eigenvalue weighted by Crippen LogP contribution is -2.49. The Kier molecular flexibility index (Phi) is 7.50. The first-order valence-electron chi connectivity index (χ1n) is 11.5. The third kappa shape index (κ3) is 5.94. The molecule has 0 saturated heterocycles. The Labute approximate surface area is 217 Å². The third-order valence-electron chi connectivity index (χ3n) is 6.19. The summed E-state index contributed by atoms with van der Waals surface area (Å²) in [7, 11) is 0. The Balaban J connectivity index is 2.03. The average molecular weight is 549 g/mol. The molecule has 202 valence electrons. The molecule has 1 N–H and O–H groups in total. The summed E-state index contributed by atoms with van der Waals surface area (Å²) in [6.45, 7) is 0. The molecule has 0 spiro atoms. The highest BCUT2D eigenvalue weighted by molar-refractivity contribution is 5.95. The van der Waals surface area contributed by atoms with E-state index < -0.39 is 52.1 Å². The second-order valence-corrected chi connectivity index (χ2v) is 8.78. The lowest BCUT2D eigenvalue weighted by atomic mass is 9.76. The second-order valence-electron chi connectivity index (χ2n) is 8.78. The van der Waals surface area contributed by atoms with Crippen molar-refractivity contribution in [3.63, 3.8) is 0 Å². The standard InChI is InChI=1S/C29H19F8NO/c30-23-13-6-14-24(31)25(23)26(39)38-27(17-18-7-2-1-3-8-18,19-9-4-11-21(15-19)28(32,33)34)20-10-5-12-22(16-20)29(35,36)37/h1-16H,17H2,(H,38,39). The van der Waals surface area contributed by atoms with Crippen molar-refractivity contribution in [3.05, 3.63) is 142 Å². The van der Waals surface area contributed by atoms with Crippen LogP contribution < -0.4 is 5.32 Å². The lowest BCUT2D eigenvalue weighted by Gasteiger charge is -2.37. The molecule has 0 aliphatic rings. The van der Waals surface area contributed by atoms with Gasteiger partial charge in [-0.05, 0) is 53.1 Å². The van der Waals surface area contributed by atoms with Gasteiger partial charge in [-0.2, -0.15) is 26.3 Å². The summed E-state index contributed by atoms with van der Waals surface area (Å²) < 4.78 is 111. The van der Waals surface area contributed by atoms with Gasteiger partial charge in [0.15, 0.2) is 0 Å². The van der Waals surface area contributed by atoms with Gasteiger partial charge >= 0.3 is 12.4 Å². The zero-order chi connectivity index (χ0) is 28.4. The maximum absolute atomic E-state index is 14.6. The van der Waals surface area contributed by atoms with E-state index in [2.05, 4.69) is 5.32 Å². The number of halogens is 8. The van der Waals surface area contributed by atoms with Gasteiger partial charge < -0.3 is 5.32 Å². The van der Waals surface area contributed by atoms with Crippen molar-refractivity contribution in [2.45, 2.75) is 24.3 Å². The van der Waals surface area contributed by atoms with Gasteiger partial charge in [0.05, 0.1) is 16.7 Å². The zero-order valence-corrected chi connectivity index (χ0v) is 19.9. The number of carbonyl (C=O) groups excluding carboxylic acids is 1. The summed E-state index contributed by atoms with van der Waals surface area (Å²) in [5.74, 6) is -3.88. The van der Waals surface area contributed by atoms with Gasteiger partial charge in [-0.1, -0.05) is 60.7 Å². The lowest BCUT2D eigenvalue weighted by molar-refractivity contribution is -0.138. The van der Waals surface area contributed by atoms with Crippen molar-refractivity contribution in [1.29, 1.82) is 0 Å². The highest BCUT2D eigenvalue weighted by Gasteiger charge is 2.41. The number of rotatable bonds is 6. The number of nitrogens with one attached hydrogen (secondary N) is 1. The fourth-order valence-electron chi connectivity index (χ4n) is 4.35. The summed E-state index contributed by atoms with van der Waals surface area (Å²) in [5.41, 5.74) is -5.48. The quantitative estimate of drug-likeness (QED) is 0.243. The molecule has 0 radical (unpaired) electrons. The minimum atomic E-state index is -4.83. The van der Waals surface area contributed by atoms with Crippen LogP contribution in [0.4, 0.5) is 35.1 Å². The smallest absolute Gasteiger partial charge is 0.338 e. The van der Waals surface area contributed by atoms with E-state index in [0.717, 1.165) is 42.5 Å². The number of carbonyl (C=O) groups is 1. The van der Waals surface area contributed by atoms with Gasteiger partial charge in [0.25, 0.3) is 5.91 Å². The molecule has 0 fully saturated rings. The van der Waals surface area contributed by atoms with E-state index in [1.165, 1.54) is 12.1 Å². The van der Waals surface area contributed by atoms with Crippen molar-refractivity contribution in [3.8, 4) is 0 Å². The Morgan fingerprint density at radius 2 is 1.03 bits per heavy atom. The van der Waals surface area contributed by atoms with E-state index in [4.69, 9.17) is 0 Å². The molecule has 0 atom stereocenters. The summed E-state index contributed by atoms with van der Waals surface area (Å²) in [6.07, 6.45) is -10.0. The molecule has 0 aliphatic carbocycles. The summed E-state index contributed by atoms with van der Waals surface area (Å²) in [4.78, 5) is 13.4. The van der Waals surface area contributed by atoms with E-state index in [1.54, 1.807) is 30.3 Å². The minimum absolute atomic E-state index is 0.245. The van der Waals surface area contributed by atoms with Crippen LogP contribution >= 0.6 is 0 Å². The molecule has 4 rings (SSSR count). The molecule has 0 unspecified atom stereocenters. The molecular weight excluding hydrogens is 530 g/mol. The van der Waals surface area contributed by atoms with Crippen LogP contribution in [0, 0.1) is 11.6 Å². The largest absolute Gasteiger partial charge is 0.416 e. The van der Waals surface area contributed by atoms with Gasteiger partial charge in [-0.15, -0.1) is 0 Å². The molecular formula is C29H19F8NO. The van der Waals surface area contributed by atoms with E-state index in [0.29, 0.717) is 17.7 Å². The first-order chi connectivity index (χ1) is 18.3. The molecule has 0 aliphatic heterocycles. The molecule has 1 amide bonds. The normalized spacial score (nSPS) is 12.3. The number of hydrogen-bond donors (Lipinski definition) is 1. The molecule has 0 heterocycles. The SMILES string of the molecule is O=C(NC(Cc1ccccc1)(c1cccc(C(F)(F)F)c1)c1cccc(C(F)(F)F)c1)c1c(F)cccc1F. The fourth-order valence-corrected chi connectivity index (χ4v) is 4.35. The predicted octanol–water partition coefficient (Wildman–Crippen LogP) is 7.92. The van der Waals surface area contributed by atoms with Gasteiger partial charge in [0, 0.05) is 6.42 Å². The van der Waals surface area contributed by atoms with Crippen molar-refractivity contribution in [2.24, 2.45) is 0 Å². The van der Waals surface area contributed by atoms with Gasteiger partial charge in [-0.3, -0.25) is 4.79 Å². The molecule has 39 heavy (non-hydrogen) atoms. The van der Waals surface area contributed by atoms with Crippen LogP contribution in [-0.4, -0.2) is 5.91 Å². The highest BCUT2D eigenvalue weighted by atomic mass is 19.4. The molecule has 0 saturated carbocycles. The van der Waals surface area contributed by atoms with E-state index in [-0.39, 0.29) is 17.5 Å². The van der Waals surface area contributed by atoms with Crippen molar-refractivity contribution < 1.29 is 39.9 Å². The van der Waals surface area contributed by atoms with Crippen molar-refractivity contribution >= 4 is 5.91 Å².